The number of primary sulfonamides is 1. The van der Waals surface area contributed by atoms with Crippen LogP contribution in [-0.4, -0.2) is 21.6 Å². The highest BCUT2D eigenvalue weighted by Crippen LogP contribution is 2.25. The molecule has 1 aliphatic heterocycles. The number of hydroxylamine groups is 1. The maximum Gasteiger partial charge on any atom is 0.240 e. The zero-order valence-corrected chi connectivity index (χ0v) is 10.1. The molecule has 2 rings (SSSR count). The number of hydrogen-bond acceptors (Lipinski definition) is 5. The van der Waals surface area contributed by atoms with Gasteiger partial charge in [0.15, 0.2) is 0 Å². The Kier molecular flexibility index (Phi) is 3.23. The van der Waals surface area contributed by atoms with Crippen molar-refractivity contribution in [2.24, 2.45) is 5.14 Å². The molecular formula is C10H15N3O3S. The predicted molar refractivity (Wildman–Crippen MR) is 64.8 cm³/mol. The van der Waals surface area contributed by atoms with Crippen LogP contribution >= 0.6 is 0 Å². The maximum absolute atomic E-state index is 11.2. The van der Waals surface area contributed by atoms with Gasteiger partial charge in [0, 0.05) is 6.54 Å². The molecule has 0 aliphatic carbocycles. The lowest BCUT2D eigenvalue weighted by Crippen LogP contribution is -2.30. The third-order valence-corrected chi connectivity index (χ3v) is 3.58. The second kappa shape index (κ2) is 4.52. The van der Waals surface area contributed by atoms with Crippen LogP contribution in [0.3, 0.4) is 0 Å². The fraction of sp³-hybridized carbons (Fsp3) is 0.400. The fourth-order valence-electron chi connectivity index (χ4n) is 1.75. The lowest BCUT2D eigenvalue weighted by Gasteiger charge is -2.28. The summed E-state index contributed by atoms with van der Waals surface area (Å²) in [5, 5.41) is 6.75. The van der Waals surface area contributed by atoms with E-state index in [4.69, 9.17) is 15.7 Å². The Morgan fingerprint density at radius 1 is 1.29 bits per heavy atom. The molecule has 17 heavy (non-hydrogen) atoms. The van der Waals surface area contributed by atoms with E-state index in [0.717, 1.165) is 25.1 Å². The van der Waals surface area contributed by atoms with Gasteiger partial charge in [-0.3, -0.25) is 9.90 Å². The molecule has 1 aliphatic rings. The molecule has 7 heteroatoms. The topological polar surface area (TPSA) is 98.6 Å². The molecule has 1 heterocycles. The van der Waals surface area contributed by atoms with Gasteiger partial charge in [-0.05, 0) is 31.0 Å². The van der Waals surface area contributed by atoms with E-state index >= 15 is 0 Å². The lowest BCUT2D eigenvalue weighted by molar-refractivity contribution is 0.0778. The number of hydrogen-bond donors (Lipinski definition) is 2. The predicted octanol–water partition coefficient (Wildman–Crippen LogP) is 0.448. The molecule has 0 spiro atoms. The number of nitrogens with two attached hydrogens (primary N) is 2. The zero-order chi connectivity index (χ0) is 12.5. The van der Waals surface area contributed by atoms with Crippen molar-refractivity contribution < 1.29 is 13.3 Å². The van der Waals surface area contributed by atoms with E-state index in [1.165, 1.54) is 6.07 Å². The Labute approximate surface area is 100 Å². The van der Waals surface area contributed by atoms with E-state index in [9.17, 15) is 8.42 Å². The molecule has 0 bridgehead atoms. The van der Waals surface area contributed by atoms with Crippen molar-refractivity contribution in [3.05, 3.63) is 18.2 Å². The minimum absolute atomic E-state index is 0.0572. The van der Waals surface area contributed by atoms with E-state index in [0.29, 0.717) is 6.61 Å². The van der Waals surface area contributed by atoms with Crippen molar-refractivity contribution in [1.29, 1.82) is 0 Å². The average molecular weight is 257 g/mol. The third-order valence-electron chi connectivity index (χ3n) is 2.59. The van der Waals surface area contributed by atoms with Gasteiger partial charge in [0.1, 0.15) is 4.90 Å². The summed E-state index contributed by atoms with van der Waals surface area (Å²) in [5.41, 5.74) is 6.56. The number of rotatable bonds is 2. The first-order chi connectivity index (χ1) is 7.98. The Bertz CT molecular complexity index is 510. The molecule has 0 radical (unpaired) electrons. The molecule has 6 nitrogen and oxygen atoms in total. The number of anilines is 2. The summed E-state index contributed by atoms with van der Waals surface area (Å²) < 4.78 is 22.4. The molecule has 0 unspecified atom stereocenters. The van der Waals surface area contributed by atoms with Crippen LogP contribution in [0.2, 0.25) is 0 Å². The minimum Gasteiger partial charge on any atom is -0.398 e. The largest absolute Gasteiger partial charge is 0.398 e. The van der Waals surface area contributed by atoms with Crippen LogP contribution in [0.1, 0.15) is 12.8 Å². The van der Waals surface area contributed by atoms with Gasteiger partial charge in [-0.25, -0.2) is 13.6 Å². The Balaban J connectivity index is 2.30. The molecule has 0 amide bonds. The number of sulfonamides is 1. The number of benzene rings is 1. The first kappa shape index (κ1) is 12.2. The van der Waals surface area contributed by atoms with Crippen LogP contribution in [0, 0.1) is 0 Å². The van der Waals surface area contributed by atoms with Crippen molar-refractivity contribution in [3.63, 3.8) is 0 Å². The molecule has 1 aromatic carbocycles. The van der Waals surface area contributed by atoms with Gasteiger partial charge in [0.05, 0.1) is 18.0 Å². The molecular weight excluding hydrogens is 242 g/mol. The van der Waals surface area contributed by atoms with Crippen LogP contribution in [-0.2, 0) is 14.9 Å². The Morgan fingerprint density at radius 3 is 2.59 bits per heavy atom. The summed E-state index contributed by atoms with van der Waals surface area (Å²) in [7, 11) is -3.77. The molecule has 4 N–H and O–H groups in total. The summed E-state index contributed by atoms with van der Waals surface area (Å²) in [5.74, 6) is 0. The van der Waals surface area contributed by atoms with Crippen LogP contribution in [0.4, 0.5) is 11.4 Å². The van der Waals surface area contributed by atoms with Crippen LogP contribution < -0.4 is 15.9 Å². The van der Waals surface area contributed by atoms with Crippen molar-refractivity contribution in [1.82, 2.24) is 0 Å². The van der Waals surface area contributed by atoms with Crippen LogP contribution in [0.25, 0.3) is 0 Å². The molecule has 0 saturated carbocycles. The molecule has 0 aromatic heterocycles. The van der Waals surface area contributed by atoms with Gasteiger partial charge in [0.2, 0.25) is 10.0 Å². The summed E-state index contributed by atoms with van der Waals surface area (Å²) >= 11 is 0. The third kappa shape index (κ3) is 2.68. The van der Waals surface area contributed by atoms with E-state index in [2.05, 4.69) is 0 Å². The van der Waals surface area contributed by atoms with E-state index < -0.39 is 10.0 Å². The van der Waals surface area contributed by atoms with Crippen molar-refractivity contribution >= 4 is 21.4 Å². The maximum atomic E-state index is 11.2. The highest BCUT2D eigenvalue weighted by Gasteiger charge is 2.16. The lowest BCUT2D eigenvalue weighted by atomic mass is 10.2. The van der Waals surface area contributed by atoms with Crippen LogP contribution in [0.5, 0.6) is 0 Å². The standard InChI is InChI=1S/C10H15N3O3S/c11-9-7-8(13-5-1-2-6-16-13)3-4-10(9)17(12,14)15/h3-4,7H,1-2,5-6,11H2,(H2,12,14,15). The molecule has 1 aromatic rings. The van der Waals surface area contributed by atoms with Crippen molar-refractivity contribution in [2.45, 2.75) is 17.7 Å². The van der Waals surface area contributed by atoms with Crippen LogP contribution in [0.15, 0.2) is 23.1 Å². The monoisotopic (exact) mass is 257 g/mol. The molecule has 94 valence electrons. The SMILES string of the molecule is Nc1cc(N2CCCCO2)ccc1S(N)(=O)=O. The normalized spacial score (nSPS) is 17.1. The van der Waals surface area contributed by atoms with E-state index in [1.54, 1.807) is 17.2 Å². The molecule has 1 saturated heterocycles. The second-order valence-corrected chi connectivity index (χ2v) is 5.44. The fourth-order valence-corrected chi connectivity index (χ4v) is 2.40. The average Bonchev–Trinajstić information content (AvgIpc) is 2.28. The summed E-state index contributed by atoms with van der Waals surface area (Å²) in [6.07, 6.45) is 2.07. The van der Waals surface area contributed by atoms with Gasteiger partial charge >= 0.3 is 0 Å². The van der Waals surface area contributed by atoms with Gasteiger partial charge in [-0.1, -0.05) is 0 Å². The minimum atomic E-state index is -3.77. The van der Waals surface area contributed by atoms with Gasteiger partial charge in [-0.15, -0.1) is 0 Å². The number of nitrogens with zero attached hydrogens (tertiary/aromatic N) is 1. The first-order valence-corrected chi connectivity index (χ1v) is 6.86. The van der Waals surface area contributed by atoms with E-state index in [-0.39, 0.29) is 10.6 Å². The molecule has 0 atom stereocenters. The zero-order valence-electron chi connectivity index (χ0n) is 9.30. The Morgan fingerprint density at radius 2 is 2.06 bits per heavy atom. The highest BCUT2D eigenvalue weighted by atomic mass is 32.2. The summed E-state index contributed by atoms with van der Waals surface area (Å²) in [6, 6.07) is 4.60. The van der Waals surface area contributed by atoms with Crippen molar-refractivity contribution in [3.8, 4) is 0 Å². The van der Waals surface area contributed by atoms with Gasteiger partial charge in [0.25, 0.3) is 0 Å². The summed E-state index contributed by atoms with van der Waals surface area (Å²) in [4.78, 5) is 5.38. The summed E-state index contributed by atoms with van der Waals surface area (Å²) in [6.45, 7) is 1.44. The van der Waals surface area contributed by atoms with Gasteiger partial charge in [-0.2, -0.15) is 0 Å². The second-order valence-electron chi connectivity index (χ2n) is 3.91. The van der Waals surface area contributed by atoms with Gasteiger partial charge < -0.3 is 5.73 Å². The van der Waals surface area contributed by atoms with E-state index in [1.807, 2.05) is 0 Å². The quantitative estimate of drug-likeness (QED) is 0.749. The Hall–Kier alpha value is -1.31. The highest BCUT2D eigenvalue weighted by molar-refractivity contribution is 7.89. The number of nitrogen functional groups attached to an aromatic ring is 1. The first-order valence-electron chi connectivity index (χ1n) is 5.31. The smallest absolute Gasteiger partial charge is 0.240 e. The molecule has 1 fully saturated rings. The van der Waals surface area contributed by atoms with Crippen molar-refractivity contribution in [2.75, 3.05) is 23.9 Å².